The van der Waals surface area contributed by atoms with Gasteiger partial charge in [0.05, 0.1) is 23.9 Å². The number of anilines is 1. The SMILES string of the molecule is CCc1ccc2nc(N3CCN(C(=O)CCCOc4ccc(OC)cc4)CC3)sc2c1. The summed E-state index contributed by atoms with van der Waals surface area (Å²) in [5, 5.41) is 1.06. The van der Waals surface area contributed by atoms with Crippen molar-refractivity contribution in [2.24, 2.45) is 0 Å². The molecule has 1 amide bonds. The summed E-state index contributed by atoms with van der Waals surface area (Å²) in [7, 11) is 1.64. The molecule has 0 N–H and O–H groups in total. The van der Waals surface area contributed by atoms with Crippen molar-refractivity contribution in [2.45, 2.75) is 26.2 Å². The summed E-state index contributed by atoms with van der Waals surface area (Å²) in [6.07, 6.45) is 2.26. The lowest BCUT2D eigenvalue weighted by atomic mass is 10.2. The first kappa shape index (κ1) is 21.4. The van der Waals surface area contributed by atoms with Crippen LogP contribution in [-0.2, 0) is 11.2 Å². The minimum Gasteiger partial charge on any atom is -0.497 e. The Bertz CT molecular complexity index is 1010. The number of benzene rings is 2. The highest BCUT2D eigenvalue weighted by molar-refractivity contribution is 7.22. The number of nitrogens with zero attached hydrogens (tertiary/aromatic N) is 3. The number of aryl methyl sites for hydroxylation is 1. The molecule has 0 aliphatic carbocycles. The zero-order valence-corrected chi connectivity index (χ0v) is 19.0. The molecule has 0 unspecified atom stereocenters. The lowest BCUT2D eigenvalue weighted by Gasteiger charge is -2.34. The van der Waals surface area contributed by atoms with Gasteiger partial charge < -0.3 is 19.3 Å². The number of rotatable bonds is 8. The maximum Gasteiger partial charge on any atom is 0.222 e. The van der Waals surface area contributed by atoms with Gasteiger partial charge in [0.25, 0.3) is 0 Å². The molecule has 0 saturated carbocycles. The molecule has 1 aliphatic heterocycles. The van der Waals surface area contributed by atoms with Crippen LogP contribution in [0, 0.1) is 0 Å². The number of aromatic nitrogens is 1. The van der Waals surface area contributed by atoms with E-state index in [4.69, 9.17) is 14.5 Å². The molecular formula is C24H29N3O3S. The molecule has 1 fully saturated rings. The lowest BCUT2D eigenvalue weighted by Crippen LogP contribution is -2.48. The third-order valence-electron chi connectivity index (χ3n) is 5.62. The number of fused-ring (bicyclic) bond motifs is 1. The van der Waals surface area contributed by atoms with Gasteiger partial charge in [-0.2, -0.15) is 0 Å². The van der Waals surface area contributed by atoms with Crippen molar-refractivity contribution in [3.8, 4) is 11.5 Å². The first-order valence-electron chi connectivity index (χ1n) is 10.9. The third kappa shape index (κ3) is 5.28. The molecule has 1 aliphatic rings. The second-order valence-electron chi connectivity index (χ2n) is 7.65. The highest BCUT2D eigenvalue weighted by Gasteiger charge is 2.22. The summed E-state index contributed by atoms with van der Waals surface area (Å²) < 4.78 is 12.1. The van der Waals surface area contributed by atoms with Crippen molar-refractivity contribution < 1.29 is 14.3 Å². The standard InChI is InChI=1S/C24H29N3O3S/c1-3-18-6-11-21-22(17-18)31-24(25-21)27-14-12-26(13-15-27)23(28)5-4-16-30-20-9-7-19(29-2)8-10-20/h6-11,17H,3-5,12-16H2,1-2H3. The minimum atomic E-state index is 0.204. The van der Waals surface area contributed by atoms with Crippen molar-refractivity contribution in [1.29, 1.82) is 0 Å². The van der Waals surface area contributed by atoms with Gasteiger partial charge in [-0.3, -0.25) is 4.79 Å². The van der Waals surface area contributed by atoms with E-state index in [0.29, 0.717) is 19.4 Å². The van der Waals surface area contributed by atoms with E-state index in [2.05, 4.69) is 30.0 Å². The number of hydrogen-bond donors (Lipinski definition) is 0. The Labute approximate surface area is 187 Å². The highest BCUT2D eigenvalue weighted by Crippen LogP contribution is 2.30. The maximum atomic E-state index is 12.6. The average Bonchev–Trinajstić information content (AvgIpc) is 3.25. The molecule has 0 atom stereocenters. The van der Waals surface area contributed by atoms with Crippen LogP contribution < -0.4 is 14.4 Å². The van der Waals surface area contributed by atoms with Crippen LogP contribution in [0.15, 0.2) is 42.5 Å². The zero-order valence-electron chi connectivity index (χ0n) is 18.2. The van der Waals surface area contributed by atoms with Gasteiger partial charge in [0.2, 0.25) is 5.91 Å². The Balaban J connectivity index is 1.21. The second-order valence-corrected chi connectivity index (χ2v) is 8.66. The Morgan fingerprint density at radius 1 is 1.06 bits per heavy atom. The zero-order chi connectivity index (χ0) is 21.6. The van der Waals surface area contributed by atoms with Gasteiger partial charge in [-0.15, -0.1) is 0 Å². The fourth-order valence-electron chi connectivity index (χ4n) is 3.70. The van der Waals surface area contributed by atoms with E-state index in [1.165, 1.54) is 10.3 Å². The molecular weight excluding hydrogens is 410 g/mol. The number of methoxy groups -OCH3 is 1. The van der Waals surface area contributed by atoms with Gasteiger partial charge in [-0.05, 0) is 54.8 Å². The Kier molecular flexibility index (Phi) is 6.92. The monoisotopic (exact) mass is 439 g/mol. The van der Waals surface area contributed by atoms with E-state index < -0.39 is 0 Å². The van der Waals surface area contributed by atoms with Crippen molar-refractivity contribution >= 4 is 32.6 Å². The molecule has 7 heteroatoms. The molecule has 4 rings (SSSR count). The molecule has 3 aromatic rings. The van der Waals surface area contributed by atoms with Crippen LogP contribution in [-0.4, -0.2) is 55.7 Å². The number of ether oxygens (including phenoxy) is 2. The van der Waals surface area contributed by atoms with Crippen LogP contribution in [0.25, 0.3) is 10.2 Å². The molecule has 2 aromatic carbocycles. The van der Waals surface area contributed by atoms with Gasteiger partial charge in [-0.25, -0.2) is 4.98 Å². The number of piperazine rings is 1. The van der Waals surface area contributed by atoms with E-state index in [-0.39, 0.29) is 5.91 Å². The van der Waals surface area contributed by atoms with Crippen molar-refractivity contribution in [3.63, 3.8) is 0 Å². The molecule has 1 saturated heterocycles. The average molecular weight is 440 g/mol. The van der Waals surface area contributed by atoms with E-state index in [1.54, 1.807) is 18.4 Å². The van der Waals surface area contributed by atoms with E-state index in [0.717, 1.165) is 54.7 Å². The van der Waals surface area contributed by atoms with Crippen LogP contribution >= 0.6 is 11.3 Å². The van der Waals surface area contributed by atoms with Crippen molar-refractivity contribution in [2.75, 3.05) is 44.8 Å². The summed E-state index contributed by atoms with van der Waals surface area (Å²) in [5.41, 5.74) is 2.40. The first-order chi connectivity index (χ1) is 15.2. The quantitative estimate of drug-likeness (QED) is 0.488. The van der Waals surface area contributed by atoms with Gasteiger partial charge in [0, 0.05) is 32.6 Å². The van der Waals surface area contributed by atoms with E-state index >= 15 is 0 Å². The summed E-state index contributed by atoms with van der Waals surface area (Å²) in [6, 6.07) is 14.0. The minimum absolute atomic E-state index is 0.204. The smallest absolute Gasteiger partial charge is 0.222 e. The Morgan fingerprint density at radius 2 is 1.81 bits per heavy atom. The normalized spacial score (nSPS) is 14.1. The Morgan fingerprint density at radius 3 is 2.52 bits per heavy atom. The third-order valence-corrected chi connectivity index (χ3v) is 6.69. The number of amides is 1. The first-order valence-corrected chi connectivity index (χ1v) is 11.7. The highest BCUT2D eigenvalue weighted by atomic mass is 32.1. The number of hydrogen-bond acceptors (Lipinski definition) is 6. The van der Waals surface area contributed by atoms with Crippen molar-refractivity contribution in [1.82, 2.24) is 9.88 Å². The van der Waals surface area contributed by atoms with E-state index in [1.807, 2.05) is 29.2 Å². The van der Waals surface area contributed by atoms with Gasteiger partial charge in [0.1, 0.15) is 11.5 Å². The predicted molar refractivity (Wildman–Crippen MR) is 126 cm³/mol. The summed E-state index contributed by atoms with van der Waals surface area (Å²) >= 11 is 1.75. The molecule has 164 valence electrons. The van der Waals surface area contributed by atoms with E-state index in [9.17, 15) is 4.79 Å². The van der Waals surface area contributed by atoms with Gasteiger partial charge in [-0.1, -0.05) is 24.3 Å². The van der Waals surface area contributed by atoms with Crippen molar-refractivity contribution in [3.05, 3.63) is 48.0 Å². The Hall–Kier alpha value is -2.80. The van der Waals surface area contributed by atoms with Gasteiger partial charge >= 0.3 is 0 Å². The second kappa shape index (κ2) is 10.0. The number of carbonyl (C=O) groups is 1. The molecule has 6 nitrogen and oxygen atoms in total. The molecule has 2 heterocycles. The topological polar surface area (TPSA) is 54.9 Å². The maximum absolute atomic E-state index is 12.6. The molecule has 0 bridgehead atoms. The number of carbonyl (C=O) groups excluding carboxylic acids is 1. The lowest BCUT2D eigenvalue weighted by molar-refractivity contribution is -0.131. The molecule has 0 spiro atoms. The van der Waals surface area contributed by atoms with Gasteiger partial charge in [0.15, 0.2) is 5.13 Å². The predicted octanol–water partition coefficient (Wildman–Crippen LogP) is 4.38. The molecule has 0 radical (unpaired) electrons. The fourth-order valence-corrected chi connectivity index (χ4v) is 4.78. The molecule has 1 aromatic heterocycles. The summed E-state index contributed by atoms with van der Waals surface area (Å²) in [6.45, 7) is 5.85. The van der Waals surface area contributed by atoms with Crippen LogP contribution in [0.4, 0.5) is 5.13 Å². The van der Waals surface area contributed by atoms with Crippen LogP contribution in [0.3, 0.4) is 0 Å². The fraction of sp³-hybridized carbons (Fsp3) is 0.417. The summed E-state index contributed by atoms with van der Waals surface area (Å²) in [4.78, 5) is 21.6. The summed E-state index contributed by atoms with van der Waals surface area (Å²) in [5.74, 6) is 1.80. The molecule has 31 heavy (non-hydrogen) atoms. The number of thiazole rings is 1. The van der Waals surface area contributed by atoms with Crippen LogP contribution in [0.1, 0.15) is 25.3 Å². The largest absolute Gasteiger partial charge is 0.497 e. The van der Waals surface area contributed by atoms with Crippen LogP contribution in [0.2, 0.25) is 0 Å². The van der Waals surface area contributed by atoms with Crippen LogP contribution in [0.5, 0.6) is 11.5 Å².